The number of ether oxygens (including phenoxy) is 2. The minimum atomic E-state index is -4.04. The summed E-state index contributed by atoms with van der Waals surface area (Å²) in [6, 6.07) is 12.6. The van der Waals surface area contributed by atoms with E-state index in [9.17, 15) is 13.2 Å². The van der Waals surface area contributed by atoms with Crippen LogP contribution < -0.4 is 14.4 Å². The van der Waals surface area contributed by atoms with Crippen molar-refractivity contribution in [2.45, 2.75) is 30.8 Å². The van der Waals surface area contributed by atoms with Gasteiger partial charge < -0.3 is 14.8 Å². The van der Waals surface area contributed by atoms with Crippen LogP contribution in [0, 0.1) is 0 Å². The highest BCUT2D eigenvalue weighted by atomic mass is 35.5. The Morgan fingerprint density at radius 3 is 2.63 bits per heavy atom. The van der Waals surface area contributed by atoms with Crippen LogP contribution in [0.1, 0.15) is 19.8 Å². The molecule has 1 fully saturated rings. The van der Waals surface area contributed by atoms with Gasteiger partial charge in [-0.15, -0.1) is 0 Å². The topological polar surface area (TPSA) is 84.9 Å². The molecule has 30 heavy (non-hydrogen) atoms. The third kappa shape index (κ3) is 5.44. The fourth-order valence-electron chi connectivity index (χ4n) is 3.19. The molecule has 3 rings (SSSR count). The molecule has 1 heterocycles. The number of rotatable bonds is 9. The summed E-state index contributed by atoms with van der Waals surface area (Å²) in [6.07, 6.45) is 1.80. The number of halogens is 1. The standard InChI is InChI=1S/C21H25ClN2O5S/c1-2-28-20-8-4-3-7-19(20)24(15-21(25)23-14-17-6-5-13-29-17)30(26,27)18-11-9-16(22)10-12-18/h3-4,7-12,17H,2,5-6,13-15H2,1H3,(H,23,25). The van der Waals surface area contributed by atoms with Crippen LogP contribution in [0.5, 0.6) is 5.75 Å². The number of benzene rings is 2. The molecule has 0 saturated carbocycles. The molecular formula is C21H25ClN2O5S. The number of hydrogen-bond acceptors (Lipinski definition) is 5. The van der Waals surface area contributed by atoms with E-state index in [1.807, 2.05) is 6.92 Å². The maximum atomic E-state index is 13.4. The van der Waals surface area contributed by atoms with E-state index in [0.29, 0.717) is 36.2 Å². The first-order valence-corrected chi connectivity index (χ1v) is 11.6. The number of para-hydroxylation sites is 2. The zero-order chi connectivity index (χ0) is 21.6. The lowest BCUT2D eigenvalue weighted by Crippen LogP contribution is -2.43. The number of carbonyl (C=O) groups excluding carboxylic acids is 1. The summed E-state index contributed by atoms with van der Waals surface area (Å²) >= 11 is 5.91. The average molecular weight is 453 g/mol. The van der Waals surface area contributed by atoms with Crippen molar-refractivity contribution >= 4 is 33.2 Å². The Labute approximate surface area is 182 Å². The van der Waals surface area contributed by atoms with Crippen molar-refractivity contribution in [1.82, 2.24) is 5.32 Å². The van der Waals surface area contributed by atoms with Crippen LogP contribution in [0.25, 0.3) is 0 Å². The van der Waals surface area contributed by atoms with Crippen LogP contribution in [-0.2, 0) is 19.6 Å². The summed E-state index contributed by atoms with van der Waals surface area (Å²) < 4.78 is 39.0. The third-order valence-corrected chi connectivity index (χ3v) is 6.70. The molecule has 1 saturated heterocycles. The average Bonchev–Trinajstić information content (AvgIpc) is 3.25. The van der Waals surface area contributed by atoms with Gasteiger partial charge in [-0.1, -0.05) is 23.7 Å². The second-order valence-electron chi connectivity index (χ2n) is 6.81. The maximum absolute atomic E-state index is 13.4. The van der Waals surface area contributed by atoms with E-state index in [2.05, 4.69) is 5.32 Å². The van der Waals surface area contributed by atoms with Crippen LogP contribution in [-0.4, -0.2) is 46.7 Å². The molecule has 1 aliphatic heterocycles. The monoisotopic (exact) mass is 452 g/mol. The molecule has 9 heteroatoms. The maximum Gasteiger partial charge on any atom is 0.264 e. The van der Waals surface area contributed by atoms with E-state index in [-0.39, 0.29) is 17.5 Å². The van der Waals surface area contributed by atoms with Crippen molar-refractivity contribution in [3.05, 3.63) is 53.6 Å². The van der Waals surface area contributed by atoms with Crippen LogP contribution >= 0.6 is 11.6 Å². The molecule has 0 aliphatic carbocycles. The Hall–Kier alpha value is -2.29. The van der Waals surface area contributed by atoms with E-state index in [4.69, 9.17) is 21.1 Å². The highest BCUT2D eigenvalue weighted by molar-refractivity contribution is 7.92. The van der Waals surface area contributed by atoms with Gasteiger partial charge in [0.25, 0.3) is 10.0 Å². The summed E-state index contributed by atoms with van der Waals surface area (Å²) in [5, 5.41) is 3.20. The Bertz CT molecular complexity index is 960. The van der Waals surface area contributed by atoms with Gasteiger partial charge in [-0.25, -0.2) is 8.42 Å². The molecule has 1 amide bonds. The van der Waals surface area contributed by atoms with Crippen LogP contribution in [0.4, 0.5) is 5.69 Å². The Kier molecular flexibility index (Phi) is 7.58. The van der Waals surface area contributed by atoms with Gasteiger partial charge in [0.1, 0.15) is 12.3 Å². The third-order valence-electron chi connectivity index (χ3n) is 4.67. The highest BCUT2D eigenvalue weighted by Crippen LogP contribution is 2.32. The van der Waals surface area contributed by atoms with Crippen molar-refractivity contribution in [3.8, 4) is 5.75 Å². The predicted molar refractivity (Wildman–Crippen MR) is 116 cm³/mol. The number of anilines is 1. The Balaban J connectivity index is 1.90. The van der Waals surface area contributed by atoms with Crippen molar-refractivity contribution in [2.24, 2.45) is 0 Å². The van der Waals surface area contributed by atoms with Crippen LogP contribution in [0.3, 0.4) is 0 Å². The predicted octanol–water partition coefficient (Wildman–Crippen LogP) is 3.23. The second-order valence-corrected chi connectivity index (χ2v) is 9.10. The molecule has 1 unspecified atom stereocenters. The van der Waals surface area contributed by atoms with Gasteiger partial charge in [-0.05, 0) is 56.2 Å². The van der Waals surface area contributed by atoms with Crippen molar-refractivity contribution in [2.75, 3.05) is 30.6 Å². The molecule has 0 bridgehead atoms. The minimum absolute atomic E-state index is 0.0325. The van der Waals surface area contributed by atoms with Crippen molar-refractivity contribution < 1.29 is 22.7 Å². The first-order valence-electron chi connectivity index (χ1n) is 9.80. The van der Waals surface area contributed by atoms with Gasteiger partial charge in [-0.2, -0.15) is 0 Å². The Morgan fingerprint density at radius 2 is 1.97 bits per heavy atom. The molecule has 0 aromatic heterocycles. The quantitative estimate of drug-likeness (QED) is 0.631. The molecule has 0 radical (unpaired) electrons. The van der Waals surface area contributed by atoms with E-state index >= 15 is 0 Å². The fraction of sp³-hybridized carbons (Fsp3) is 0.381. The summed E-state index contributed by atoms with van der Waals surface area (Å²) in [7, 11) is -4.04. The van der Waals surface area contributed by atoms with Crippen LogP contribution in [0.2, 0.25) is 5.02 Å². The van der Waals surface area contributed by atoms with Gasteiger partial charge in [0.05, 0.1) is 23.3 Å². The zero-order valence-corrected chi connectivity index (χ0v) is 18.3. The number of nitrogens with one attached hydrogen (secondary N) is 1. The summed E-state index contributed by atoms with van der Waals surface area (Å²) in [5.74, 6) is -0.0428. The normalized spacial score (nSPS) is 16.3. The summed E-state index contributed by atoms with van der Waals surface area (Å²) in [6.45, 7) is 2.81. The SMILES string of the molecule is CCOc1ccccc1N(CC(=O)NCC1CCCO1)S(=O)(=O)c1ccc(Cl)cc1. The van der Waals surface area contributed by atoms with Gasteiger partial charge in [0.2, 0.25) is 5.91 Å². The molecule has 162 valence electrons. The number of nitrogens with zero attached hydrogens (tertiary/aromatic N) is 1. The smallest absolute Gasteiger partial charge is 0.264 e. The van der Waals surface area contributed by atoms with Crippen molar-refractivity contribution in [3.63, 3.8) is 0 Å². The zero-order valence-electron chi connectivity index (χ0n) is 16.7. The first-order chi connectivity index (χ1) is 14.4. The lowest BCUT2D eigenvalue weighted by molar-refractivity contribution is -0.120. The van der Waals surface area contributed by atoms with E-state index < -0.39 is 15.9 Å². The van der Waals surface area contributed by atoms with E-state index in [1.54, 1.807) is 24.3 Å². The summed E-state index contributed by atoms with van der Waals surface area (Å²) in [5.41, 5.74) is 0.293. The number of carbonyl (C=O) groups is 1. The first kappa shape index (κ1) is 22.4. The summed E-state index contributed by atoms with van der Waals surface area (Å²) in [4.78, 5) is 12.7. The molecular weight excluding hydrogens is 428 g/mol. The van der Waals surface area contributed by atoms with E-state index in [0.717, 1.165) is 17.1 Å². The number of hydrogen-bond donors (Lipinski definition) is 1. The molecule has 1 N–H and O–H groups in total. The highest BCUT2D eigenvalue weighted by Gasteiger charge is 2.29. The number of sulfonamides is 1. The van der Waals surface area contributed by atoms with Gasteiger partial charge >= 0.3 is 0 Å². The second kappa shape index (κ2) is 10.1. The van der Waals surface area contributed by atoms with Crippen LogP contribution in [0.15, 0.2) is 53.4 Å². The lowest BCUT2D eigenvalue weighted by Gasteiger charge is -2.26. The van der Waals surface area contributed by atoms with Gasteiger partial charge in [0, 0.05) is 18.2 Å². The molecule has 7 nitrogen and oxygen atoms in total. The van der Waals surface area contributed by atoms with Crippen molar-refractivity contribution in [1.29, 1.82) is 0 Å². The molecule has 2 aromatic carbocycles. The molecule has 0 spiro atoms. The largest absolute Gasteiger partial charge is 0.492 e. The molecule has 2 aromatic rings. The Morgan fingerprint density at radius 1 is 1.23 bits per heavy atom. The van der Waals surface area contributed by atoms with Gasteiger partial charge in [0.15, 0.2) is 0 Å². The molecule has 1 aliphatic rings. The molecule has 1 atom stereocenters. The lowest BCUT2D eigenvalue weighted by atomic mass is 10.2. The minimum Gasteiger partial charge on any atom is -0.492 e. The van der Waals surface area contributed by atoms with E-state index in [1.165, 1.54) is 24.3 Å². The fourth-order valence-corrected chi connectivity index (χ4v) is 4.75. The van der Waals surface area contributed by atoms with Gasteiger partial charge in [-0.3, -0.25) is 9.10 Å². The number of amides is 1.